The highest BCUT2D eigenvalue weighted by Gasteiger charge is 2.19. The van der Waals surface area contributed by atoms with Crippen LogP contribution in [-0.2, 0) is 11.8 Å². The summed E-state index contributed by atoms with van der Waals surface area (Å²) < 4.78 is 1.51. The maximum Gasteiger partial charge on any atom is 0.240 e. The monoisotopic (exact) mass is 260 g/mol. The summed E-state index contributed by atoms with van der Waals surface area (Å²) in [6.45, 7) is 3.94. The summed E-state index contributed by atoms with van der Waals surface area (Å²) in [5, 5.41) is 6.52. The first kappa shape index (κ1) is 11.2. The Kier molecular flexibility index (Phi) is 3.62. The van der Waals surface area contributed by atoms with Crippen LogP contribution in [0.1, 0.15) is 13.8 Å². The Balaban J connectivity index is 2.62. The van der Waals surface area contributed by atoms with Gasteiger partial charge in [-0.3, -0.25) is 10.1 Å². The van der Waals surface area contributed by atoms with Gasteiger partial charge in [0.1, 0.15) is 6.33 Å². The molecule has 0 saturated heterocycles. The number of halogens is 1. The van der Waals surface area contributed by atoms with Gasteiger partial charge in [-0.2, -0.15) is 10.1 Å². The summed E-state index contributed by atoms with van der Waals surface area (Å²) in [5.74, 6) is 0.597. The van der Waals surface area contributed by atoms with E-state index in [1.54, 1.807) is 7.05 Å². The average Bonchev–Trinajstić information content (AvgIpc) is 2.50. The van der Waals surface area contributed by atoms with E-state index >= 15 is 0 Å². The minimum Gasteiger partial charge on any atom is -0.294 e. The van der Waals surface area contributed by atoms with Crippen molar-refractivity contribution in [2.45, 2.75) is 18.7 Å². The van der Waals surface area contributed by atoms with Gasteiger partial charge in [-0.15, -0.1) is 0 Å². The van der Waals surface area contributed by atoms with E-state index in [9.17, 15) is 4.79 Å². The molecule has 78 valence electrons. The number of rotatable bonds is 3. The number of carbonyl (C=O) groups excluding carboxylic acids is 1. The molecule has 1 atom stereocenters. The molecule has 0 aliphatic rings. The van der Waals surface area contributed by atoms with Crippen molar-refractivity contribution in [1.82, 2.24) is 14.8 Å². The molecule has 1 amide bonds. The normalized spacial score (nSPS) is 12.9. The van der Waals surface area contributed by atoms with Crippen molar-refractivity contribution in [2.24, 2.45) is 13.0 Å². The van der Waals surface area contributed by atoms with Gasteiger partial charge in [0, 0.05) is 7.05 Å². The van der Waals surface area contributed by atoms with Crippen molar-refractivity contribution in [1.29, 1.82) is 0 Å². The summed E-state index contributed by atoms with van der Waals surface area (Å²) in [7, 11) is 1.72. The molecule has 5 nitrogen and oxygen atoms in total. The van der Waals surface area contributed by atoms with Gasteiger partial charge < -0.3 is 0 Å². The number of nitrogens with one attached hydrogen (secondary N) is 1. The van der Waals surface area contributed by atoms with Gasteiger partial charge in [0.25, 0.3) is 0 Å². The molecule has 1 aromatic rings. The molecular formula is C8H13BrN4O. The molecule has 0 spiro atoms. The molecule has 0 aliphatic carbocycles. The fourth-order valence-electron chi connectivity index (χ4n) is 0.891. The predicted octanol–water partition coefficient (Wildman–Crippen LogP) is 1.17. The predicted molar refractivity (Wildman–Crippen MR) is 57.2 cm³/mol. The van der Waals surface area contributed by atoms with Crippen molar-refractivity contribution in [2.75, 3.05) is 5.32 Å². The first-order chi connectivity index (χ1) is 6.52. The molecule has 0 fully saturated rings. The van der Waals surface area contributed by atoms with Crippen LogP contribution in [0.25, 0.3) is 0 Å². The van der Waals surface area contributed by atoms with Crippen molar-refractivity contribution >= 4 is 27.8 Å². The number of alkyl halides is 1. The standard InChI is InChI=1S/C8H13BrN4O/c1-5(2)6(9)7(14)12-8-10-4-11-13(8)3/h4-6H,1-3H3,(H,10,11,12,14). The van der Waals surface area contributed by atoms with Crippen molar-refractivity contribution in [3.05, 3.63) is 6.33 Å². The molecule has 1 aromatic heterocycles. The van der Waals surface area contributed by atoms with Gasteiger partial charge in [0.2, 0.25) is 11.9 Å². The first-order valence-electron chi connectivity index (χ1n) is 4.31. The SMILES string of the molecule is CC(C)C(Br)C(=O)Nc1ncnn1C. The van der Waals surface area contributed by atoms with E-state index in [1.807, 2.05) is 13.8 Å². The lowest BCUT2D eigenvalue weighted by molar-refractivity contribution is -0.116. The van der Waals surface area contributed by atoms with Crippen LogP contribution in [-0.4, -0.2) is 25.5 Å². The third-order valence-electron chi connectivity index (χ3n) is 1.78. The Morgan fingerprint density at radius 3 is 2.71 bits per heavy atom. The van der Waals surface area contributed by atoms with E-state index in [0.29, 0.717) is 5.95 Å². The molecule has 1 N–H and O–H groups in total. The van der Waals surface area contributed by atoms with Crippen LogP contribution >= 0.6 is 15.9 Å². The average molecular weight is 261 g/mol. The lowest BCUT2D eigenvalue weighted by Crippen LogP contribution is -2.28. The van der Waals surface area contributed by atoms with Crippen LogP contribution in [0.4, 0.5) is 5.95 Å². The van der Waals surface area contributed by atoms with Gasteiger partial charge in [-0.05, 0) is 5.92 Å². The summed E-state index contributed by atoms with van der Waals surface area (Å²) in [6, 6.07) is 0. The van der Waals surface area contributed by atoms with Gasteiger partial charge in [-0.25, -0.2) is 4.68 Å². The minimum absolute atomic E-state index is 0.101. The molecule has 0 saturated carbocycles. The van der Waals surface area contributed by atoms with Gasteiger partial charge in [0.15, 0.2) is 0 Å². The Labute approximate surface area is 91.0 Å². The van der Waals surface area contributed by atoms with Crippen molar-refractivity contribution in [3.63, 3.8) is 0 Å². The Hall–Kier alpha value is -0.910. The number of anilines is 1. The molecule has 0 radical (unpaired) electrons. The Morgan fingerprint density at radius 1 is 1.64 bits per heavy atom. The first-order valence-corrected chi connectivity index (χ1v) is 5.23. The Bertz CT molecular complexity index is 323. The number of aryl methyl sites for hydroxylation is 1. The second kappa shape index (κ2) is 4.54. The van der Waals surface area contributed by atoms with Crippen molar-refractivity contribution in [3.8, 4) is 0 Å². The van der Waals surface area contributed by atoms with E-state index in [0.717, 1.165) is 0 Å². The second-order valence-corrected chi connectivity index (χ2v) is 4.33. The highest BCUT2D eigenvalue weighted by atomic mass is 79.9. The summed E-state index contributed by atoms with van der Waals surface area (Å²) >= 11 is 3.31. The highest BCUT2D eigenvalue weighted by Crippen LogP contribution is 2.13. The molecule has 1 heterocycles. The number of carbonyl (C=O) groups is 1. The molecule has 1 unspecified atom stereocenters. The maximum absolute atomic E-state index is 11.6. The van der Waals surface area contributed by atoms with Crippen LogP contribution < -0.4 is 5.32 Å². The lowest BCUT2D eigenvalue weighted by Gasteiger charge is -2.12. The van der Waals surface area contributed by atoms with Gasteiger partial charge in [-0.1, -0.05) is 29.8 Å². The van der Waals surface area contributed by atoms with Crippen LogP contribution in [0.5, 0.6) is 0 Å². The summed E-state index contributed by atoms with van der Waals surface area (Å²) in [6.07, 6.45) is 1.40. The van der Waals surface area contributed by atoms with Crippen LogP contribution in [0.15, 0.2) is 6.33 Å². The molecule has 0 aliphatic heterocycles. The van der Waals surface area contributed by atoms with Gasteiger partial charge >= 0.3 is 0 Å². The maximum atomic E-state index is 11.6. The van der Waals surface area contributed by atoms with E-state index in [4.69, 9.17) is 0 Å². The smallest absolute Gasteiger partial charge is 0.240 e. The second-order valence-electron chi connectivity index (χ2n) is 3.34. The molecule has 0 bridgehead atoms. The third-order valence-corrected chi connectivity index (χ3v) is 3.26. The minimum atomic E-state index is -0.209. The number of hydrogen-bond donors (Lipinski definition) is 1. The van der Waals surface area contributed by atoms with Crippen LogP contribution in [0, 0.1) is 5.92 Å². The fourth-order valence-corrected chi connectivity index (χ4v) is 1.01. The Morgan fingerprint density at radius 2 is 2.29 bits per heavy atom. The number of nitrogens with zero attached hydrogens (tertiary/aromatic N) is 3. The number of aromatic nitrogens is 3. The zero-order chi connectivity index (χ0) is 10.7. The molecule has 6 heteroatoms. The zero-order valence-corrected chi connectivity index (χ0v) is 9.95. The van der Waals surface area contributed by atoms with Crippen LogP contribution in [0.3, 0.4) is 0 Å². The summed E-state index contributed by atoms with van der Waals surface area (Å²) in [5.41, 5.74) is 0. The molecule has 1 rings (SSSR count). The van der Waals surface area contributed by atoms with E-state index in [-0.39, 0.29) is 16.7 Å². The third kappa shape index (κ3) is 2.54. The van der Waals surface area contributed by atoms with E-state index < -0.39 is 0 Å². The molecular weight excluding hydrogens is 248 g/mol. The quantitative estimate of drug-likeness (QED) is 0.831. The fraction of sp³-hybridized carbons (Fsp3) is 0.625. The number of hydrogen-bond acceptors (Lipinski definition) is 3. The van der Waals surface area contributed by atoms with Crippen LogP contribution in [0.2, 0.25) is 0 Å². The molecule has 0 aromatic carbocycles. The lowest BCUT2D eigenvalue weighted by atomic mass is 10.1. The highest BCUT2D eigenvalue weighted by molar-refractivity contribution is 9.10. The zero-order valence-electron chi connectivity index (χ0n) is 8.36. The van der Waals surface area contributed by atoms with E-state index in [1.165, 1.54) is 11.0 Å². The van der Waals surface area contributed by atoms with Gasteiger partial charge in [0.05, 0.1) is 4.83 Å². The van der Waals surface area contributed by atoms with Crippen molar-refractivity contribution < 1.29 is 4.79 Å². The van der Waals surface area contributed by atoms with E-state index in [2.05, 4.69) is 31.3 Å². The topological polar surface area (TPSA) is 59.8 Å². The number of amides is 1. The largest absolute Gasteiger partial charge is 0.294 e. The molecule has 14 heavy (non-hydrogen) atoms. The summed E-state index contributed by atoms with van der Waals surface area (Å²) in [4.78, 5) is 15.3.